The maximum absolute atomic E-state index is 5.28. The number of hydrogen-bond donors (Lipinski definition) is 0. The maximum Gasteiger partial charge on any atom is 0.0242 e. The molecule has 0 radical (unpaired) electrons. The normalized spacial score (nSPS) is 23.2. The minimum absolute atomic E-state index is 0.497. The van der Waals surface area contributed by atoms with E-state index in [1.807, 2.05) is 12.2 Å². The van der Waals surface area contributed by atoms with Gasteiger partial charge in [-0.05, 0) is 25.0 Å². The molecule has 0 bridgehead atoms. The molecule has 1 atom stereocenters. The first-order chi connectivity index (χ1) is 5.22. The van der Waals surface area contributed by atoms with Crippen molar-refractivity contribution >= 4 is 0 Å². The van der Waals surface area contributed by atoms with Crippen LogP contribution in [0.2, 0.25) is 0 Å². The van der Waals surface area contributed by atoms with Crippen LogP contribution in [0.4, 0.5) is 0 Å². The van der Waals surface area contributed by atoms with Gasteiger partial charge in [-0.2, -0.15) is 0 Å². The monoisotopic (exact) mass is 144 g/mol. The molecule has 0 nitrogen and oxygen atoms in total. The van der Waals surface area contributed by atoms with Gasteiger partial charge in [-0.15, -0.1) is 6.42 Å². The second kappa shape index (κ2) is 3.25. The minimum Gasteiger partial charge on any atom is -0.115 e. The molecule has 11 heavy (non-hydrogen) atoms. The van der Waals surface area contributed by atoms with Crippen molar-refractivity contribution in [2.45, 2.75) is 13.8 Å². The van der Waals surface area contributed by atoms with Gasteiger partial charge < -0.3 is 0 Å². The summed E-state index contributed by atoms with van der Waals surface area (Å²) in [4.78, 5) is 0. The first kappa shape index (κ1) is 7.88. The zero-order chi connectivity index (χ0) is 8.27. The Bertz CT molecular complexity index is 269. The number of rotatable bonds is 0. The largest absolute Gasteiger partial charge is 0.115 e. The van der Waals surface area contributed by atoms with E-state index in [-0.39, 0.29) is 0 Å². The first-order valence-corrected chi connectivity index (χ1v) is 3.77. The van der Waals surface area contributed by atoms with E-state index < -0.39 is 0 Å². The van der Waals surface area contributed by atoms with Gasteiger partial charge >= 0.3 is 0 Å². The molecule has 0 N–H and O–H groups in total. The Hall–Kier alpha value is -1.22. The van der Waals surface area contributed by atoms with Gasteiger partial charge in [0.2, 0.25) is 0 Å². The molecule has 56 valence electrons. The fourth-order valence-corrected chi connectivity index (χ4v) is 1.16. The standard InChI is InChI=1S/C11H12/c1-4-11-6-5-9(2)7-10(3)8-11/h1,5-9H,2-3H3. The van der Waals surface area contributed by atoms with Crippen LogP contribution in [0.5, 0.6) is 0 Å². The van der Waals surface area contributed by atoms with Crippen LogP contribution >= 0.6 is 0 Å². The van der Waals surface area contributed by atoms with Crippen molar-refractivity contribution in [3.05, 3.63) is 35.5 Å². The average Bonchev–Trinajstić information content (AvgIpc) is 2.11. The van der Waals surface area contributed by atoms with Crippen LogP contribution in [0.1, 0.15) is 13.8 Å². The highest BCUT2D eigenvalue weighted by Crippen LogP contribution is 2.13. The van der Waals surface area contributed by atoms with Crippen molar-refractivity contribution < 1.29 is 0 Å². The van der Waals surface area contributed by atoms with Gasteiger partial charge in [-0.3, -0.25) is 0 Å². The van der Waals surface area contributed by atoms with Crippen LogP contribution in [0, 0.1) is 18.3 Å². The van der Waals surface area contributed by atoms with Gasteiger partial charge in [0.05, 0.1) is 0 Å². The van der Waals surface area contributed by atoms with Gasteiger partial charge in [0, 0.05) is 5.57 Å². The fraction of sp³-hybridized carbons (Fsp3) is 0.273. The highest BCUT2D eigenvalue weighted by atomic mass is 14.0. The molecule has 0 fully saturated rings. The molecule has 0 saturated carbocycles. The van der Waals surface area contributed by atoms with Crippen molar-refractivity contribution in [1.82, 2.24) is 0 Å². The summed E-state index contributed by atoms with van der Waals surface area (Å²) in [5.41, 5.74) is 2.21. The molecule has 1 aliphatic rings. The van der Waals surface area contributed by atoms with Gasteiger partial charge in [-0.25, -0.2) is 0 Å². The van der Waals surface area contributed by atoms with Crippen LogP contribution in [0.15, 0.2) is 35.5 Å². The van der Waals surface area contributed by atoms with Crippen molar-refractivity contribution in [1.29, 1.82) is 0 Å². The quantitative estimate of drug-likeness (QED) is 0.458. The van der Waals surface area contributed by atoms with Gasteiger partial charge in [-0.1, -0.05) is 30.6 Å². The third kappa shape index (κ3) is 2.13. The topological polar surface area (TPSA) is 0 Å². The van der Waals surface area contributed by atoms with Crippen LogP contribution in [0.3, 0.4) is 0 Å². The van der Waals surface area contributed by atoms with Gasteiger partial charge in [0.25, 0.3) is 0 Å². The number of terminal acetylenes is 1. The Balaban J connectivity index is 2.97. The Kier molecular flexibility index (Phi) is 2.33. The first-order valence-electron chi connectivity index (χ1n) is 3.77. The molecule has 0 aromatic heterocycles. The molecule has 1 rings (SSSR count). The van der Waals surface area contributed by atoms with Crippen LogP contribution in [0.25, 0.3) is 0 Å². The summed E-state index contributed by atoms with van der Waals surface area (Å²) in [6.07, 6.45) is 13.6. The lowest BCUT2D eigenvalue weighted by atomic mass is 10.1. The zero-order valence-corrected chi connectivity index (χ0v) is 6.96. The van der Waals surface area contributed by atoms with Gasteiger partial charge in [0.15, 0.2) is 0 Å². The Morgan fingerprint density at radius 1 is 1.55 bits per heavy atom. The Labute approximate surface area is 68.3 Å². The lowest BCUT2D eigenvalue weighted by Gasteiger charge is -1.94. The van der Waals surface area contributed by atoms with Crippen LogP contribution in [-0.2, 0) is 0 Å². The molecular weight excluding hydrogens is 132 g/mol. The fourth-order valence-electron chi connectivity index (χ4n) is 1.16. The zero-order valence-electron chi connectivity index (χ0n) is 6.96. The van der Waals surface area contributed by atoms with Crippen LogP contribution < -0.4 is 0 Å². The Morgan fingerprint density at radius 3 is 2.91 bits per heavy atom. The summed E-state index contributed by atoms with van der Waals surface area (Å²) in [7, 11) is 0. The SMILES string of the molecule is C#CC1=CC(C)=CC(C)C=C1. The second-order valence-electron chi connectivity index (χ2n) is 2.87. The van der Waals surface area contributed by atoms with E-state index >= 15 is 0 Å². The summed E-state index contributed by atoms with van der Waals surface area (Å²) >= 11 is 0. The molecule has 0 aliphatic heterocycles. The lowest BCUT2D eigenvalue weighted by Crippen LogP contribution is -1.80. The summed E-state index contributed by atoms with van der Waals surface area (Å²) in [5.74, 6) is 3.13. The molecule has 0 heteroatoms. The average molecular weight is 144 g/mol. The van der Waals surface area contributed by atoms with Crippen molar-refractivity contribution in [3.63, 3.8) is 0 Å². The van der Waals surface area contributed by atoms with E-state index in [2.05, 4.69) is 31.9 Å². The predicted octanol–water partition coefficient (Wildman–Crippen LogP) is 2.70. The molecule has 0 aromatic rings. The third-order valence-corrected chi connectivity index (χ3v) is 1.65. The molecule has 0 aromatic carbocycles. The molecular formula is C11H12. The molecule has 1 aliphatic carbocycles. The molecule has 1 unspecified atom stereocenters. The maximum atomic E-state index is 5.28. The molecule has 0 amide bonds. The smallest absolute Gasteiger partial charge is 0.0242 e. The van der Waals surface area contributed by atoms with E-state index in [9.17, 15) is 0 Å². The van der Waals surface area contributed by atoms with Crippen molar-refractivity contribution in [2.24, 2.45) is 5.92 Å². The lowest BCUT2D eigenvalue weighted by molar-refractivity contribution is 0.933. The summed E-state index contributed by atoms with van der Waals surface area (Å²) in [5, 5.41) is 0. The van der Waals surface area contributed by atoms with Crippen molar-refractivity contribution in [3.8, 4) is 12.3 Å². The van der Waals surface area contributed by atoms with Crippen molar-refractivity contribution in [2.75, 3.05) is 0 Å². The highest BCUT2D eigenvalue weighted by Gasteiger charge is 1.97. The van der Waals surface area contributed by atoms with E-state index in [1.165, 1.54) is 5.57 Å². The molecule has 0 heterocycles. The minimum atomic E-state index is 0.497. The predicted molar refractivity (Wildman–Crippen MR) is 49.0 cm³/mol. The van der Waals surface area contributed by atoms with E-state index in [1.54, 1.807) is 0 Å². The highest BCUT2D eigenvalue weighted by molar-refractivity contribution is 5.43. The van der Waals surface area contributed by atoms with Crippen LogP contribution in [-0.4, -0.2) is 0 Å². The summed E-state index contributed by atoms with van der Waals surface area (Å²) < 4.78 is 0. The third-order valence-electron chi connectivity index (χ3n) is 1.65. The van der Waals surface area contributed by atoms with E-state index in [0.29, 0.717) is 5.92 Å². The Morgan fingerprint density at radius 2 is 2.27 bits per heavy atom. The number of hydrogen-bond acceptors (Lipinski definition) is 0. The second-order valence-corrected chi connectivity index (χ2v) is 2.87. The van der Waals surface area contributed by atoms with E-state index in [4.69, 9.17) is 6.42 Å². The summed E-state index contributed by atoms with van der Waals surface area (Å²) in [6, 6.07) is 0. The van der Waals surface area contributed by atoms with E-state index in [0.717, 1.165) is 5.57 Å². The summed E-state index contributed by atoms with van der Waals surface area (Å²) in [6.45, 7) is 4.22. The number of allylic oxidation sites excluding steroid dienone is 6. The molecule has 0 saturated heterocycles. The van der Waals surface area contributed by atoms with Gasteiger partial charge in [0.1, 0.15) is 0 Å². The molecule has 0 spiro atoms.